The molecule has 0 rings (SSSR count). The van der Waals surface area contributed by atoms with Crippen LogP contribution in [0.5, 0.6) is 0 Å². The Morgan fingerprint density at radius 3 is 2.22 bits per heavy atom. The zero-order valence-electron chi connectivity index (χ0n) is 12.8. The molecule has 0 spiro atoms. The fourth-order valence-electron chi connectivity index (χ4n) is 1.88. The molecule has 1 atom stereocenters. The van der Waals surface area contributed by atoms with Gasteiger partial charge < -0.3 is 10.1 Å². The molecule has 0 radical (unpaired) electrons. The van der Waals surface area contributed by atoms with Gasteiger partial charge in [0.05, 0.1) is 7.11 Å². The van der Waals surface area contributed by atoms with Crippen LogP contribution in [-0.4, -0.2) is 49.7 Å². The van der Waals surface area contributed by atoms with Gasteiger partial charge in [-0.05, 0) is 32.7 Å². The molecule has 4 heteroatoms. The summed E-state index contributed by atoms with van der Waals surface area (Å²) >= 11 is 0. The fourth-order valence-corrected chi connectivity index (χ4v) is 1.88. The molecule has 0 aliphatic heterocycles. The second kappa shape index (κ2) is 9.34. The molecule has 0 saturated heterocycles. The average molecular weight is 258 g/mol. The van der Waals surface area contributed by atoms with E-state index in [1.807, 2.05) is 0 Å². The predicted octanol–water partition coefficient (Wildman–Crippen LogP) is 1.89. The average Bonchev–Trinajstić information content (AvgIpc) is 2.31. The van der Waals surface area contributed by atoms with E-state index in [-0.39, 0.29) is 12.0 Å². The molecule has 1 N–H and O–H groups in total. The van der Waals surface area contributed by atoms with Gasteiger partial charge in [-0.15, -0.1) is 0 Å². The summed E-state index contributed by atoms with van der Waals surface area (Å²) in [7, 11) is 1.45. The van der Waals surface area contributed by atoms with Crippen molar-refractivity contribution in [2.45, 2.75) is 53.1 Å². The Labute approximate surface area is 112 Å². The zero-order chi connectivity index (χ0) is 14.1. The largest absolute Gasteiger partial charge is 0.468 e. The predicted molar refractivity (Wildman–Crippen MR) is 75.6 cm³/mol. The van der Waals surface area contributed by atoms with Gasteiger partial charge in [0.25, 0.3) is 0 Å². The molecule has 0 fully saturated rings. The van der Waals surface area contributed by atoms with Gasteiger partial charge in [-0.3, -0.25) is 9.69 Å². The summed E-state index contributed by atoms with van der Waals surface area (Å²) in [5.41, 5.74) is 0. The van der Waals surface area contributed by atoms with E-state index in [9.17, 15) is 4.79 Å². The van der Waals surface area contributed by atoms with Gasteiger partial charge in [-0.1, -0.05) is 20.8 Å². The van der Waals surface area contributed by atoms with Crippen LogP contribution < -0.4 is 5.32 Å². The molecule has 0 heterocycles. The lowest BCUT2D eigenvalue weighted by Crippen LogP contribution is -2.49. The van der Waals surface area contributed by atoms with Crippen LogP contribution in [0, 0.1) is 5.92 Å². The second-order valence-electron chi connectivity index (χ2n) is 5.47. The van der Waals surface area contributed by atoms with Crippen molar-refractivity contribution in [2.24, 2.45) is 5.92 Å². The van der Waals surface area contributed by atoms with Gasteiger partial charge >= 0.3 is 5.97 Å². The molecule has 0 amide bonds. The van der Waals surface area contributed by atoms with Crippen LogP contribution in [0.25, 0.3) is 0 Å². The monoisotopic (exact) mass is 258 g/mol. The fraction of sp³-hybridized carbons (Fsp3) is 0.929. The van der Waals surface area contributed by atoms with Crippen LogP contribution in [0.3, 0.4) is 0 Å². The molecule has 0 saturated carbocycles. The SMILES string of the molecule is CCCNC(CN(CC(C)C)C(C)C)C(=O)OC. The number of ether oxygens (including phenoxy) is 1. The van der Waals surface area contributed by atoms with Gasteiger partial charge in [0, 0.05) is 19.1 Å². The maximum atomic E-state index is 11.8. The minimum Gasteiger partial charge on any atom is -0.468 e. The van der Waals surface area contributed by atoms with Crippen molar-refractivity contribution in [2.75, 3.05) is 26.7 Å². The molecule has 4 nitrogen and oxygen atoms in total. The topological polar surface area (TPSA) is 41.6 Å². The molecule has 0 aliphatic rings. The molecule has 108 valence electrons. The van der Waals surface area contributed by atoms with Gasteiger partial charge in [-0.2, -0.15) is 0 Å². The standard InChI is InChI=1S/C14H30N2O2/c1-7-8-15-13(14(17)18-6)10-16(12(4)5)9-11(2)3/h11-13,15H,7-10H2,1-6H3. The van der Waals surface area contributed by atoms with Crippen LogP contribution in [0.2, 0.25) is 0 Å². The Morgan fingerprint density at radius 1 is 1.22 bits per heavy atom. The number of nitrogens with one attached hydrogen (secondary N) is 1. The van der Waals surface area contributed by atoms with Crippen LogP contribution in [-0.2, 0) is 9.53 Å². The highest BCUT2D eigenvalue weighted by Crippen LogP contribution is 2.06. The van der Waals surface area contributed by atoms with Crippen LogP contribution in [0.15, 0.2) is 0 Å². The molecule has 0 aromatic carbocycles. The smallest absolute Gasteiger partial charge is 0.324 e. The number of hydrogen-bond acceptors (Lipinski definition) is 4. The lowest BCUT2D eigenvalue weighted by molar-refractivity contribution is -0.143. The third-order valence-corrected chi connectivity index (χ3v) is 2.87. The summed E-state index contributed by atoms with van der Waals surface area (Å²) in [6.45, 7) is 13.4. The minimum absolute atomic E-state index is 0.169. The van der Waals surface area contributed by atoms with E-state index < -0.39 is 0 Å². The summed E-state index contributed by atoms with van der Waals surface area (Å²) in [5, 5.41) is 3.26. The third kappa shape index (κ3) is 6.97. The van der Waals surface area contributed by atoms with Crippen LogP contribution in [0.1, 0.15) is 41.0 Å². The first-order valence-electron chi connectivity index (χ1n) is 6.97. The molecule has 0 bridgehead atoms. The number of rotatable bonds is 9. The first kappa shape index (κ1) is 17.4. The number of esters is 1. The Kier molecular flexibility index (Phi) is 9.02. The van der Waals surface area contributed by atoms with E-state index in [0.29, 0.717) is 18.5 Å². The minimum atomic E-state index is -0.226. The maximum absolute atomic E-state index is 11.8. The van der Waals surface area contributed by atoms with Gasteiger partial charge in [-0.25, -0.2) is 0 Å². The van der Waals surface area contributed by atoms with E-state index in [4.69, 9.17) is 4.74 Å². The summed E-state index contributed by atoms with van der Waals surface area (Å²) in [6, 6.07) is 0.207. The summed E-state index contributed by atoms with van der Waals surface area (Å²) < 4.78 is 4.87. The van der Waals surface area contributed by atoms with Gasteiger partial charge in [0.2, 0.25) is 0 Å². The van der Waals surface area contributed by atoms with Crippen molar-refractivity contribution >= 4 is 5.97 Å². The summed E-state index contributed by atoms with van der Waals surface area (Å²) in [4.78, 5) is 14.1. The van der Waals surface area contributed by atoms with Crippen LogP contribution in [0.4, 0.5) is 0 Å². The zero-order valence-corrected chi connectivity index (χ0v) is 12.8. The number of carbonyl (C=O) groups excluding carboxylic acids is 1. The van der Waals surface area contributed by atoms with E-state index in [1.54, 1.807) is 0 Å². The molecule has 0 aliphatic carbocycles. The molecule has 0 aromatic rings. The van der Waals surface area contributed by atoms with E-state index >= 15 is 0 Å². The Balaban J connectivity index is 4.52. The lowest BCUT2D eigenvalue weighted by atomic mass is 10.1. The van der Waals surface area contributed by atoms with Crippen LogP contribution >= 0.6 is 0 Å². The second-order valence-corrected chi connectivity index (χ2v) is 5.47. The number of carbonyl (C=O) groups is 1. The van der Waals surface area contributed by atoms with Gasteiger partial charge in [0.15, 0.2) is 0 Å². The molecular weight excluding hydrogens is 228 g/mol. The Morgan fingerprint density at radius 2 is 1.83 bits per heavy atom. The van der Waals surface area contributed by atoms with E-state index in [0.717, 1.165) is 19.5 Å². The normalized spacial score (nSPS) is 13.4. The Bertz CT molecular complexity index is 230. The molecule has 1 unspecified atom stereocenters. The Hall–Kier alpha value is -0.610. The highest BCUT2D eigenvalue weighted by Gasteiger charge is 2.23. The van der Waals surface area contributed by atoms with Crippen molar-refractivity contribution in [1.82, 2.24) is 10.2 Å². The van der Waals surface area contributed by atoms with Crippen molar-refractivity contribution in [1.29, 1.82) is 0 Å². The number of methoxy groups -OCH3 is 1. The highest BCUT2D eigenvalue weighted by atomic mass is 16.5. The molecule has 18 heavy (non-hydrogen) atoms. The number of hydrogen-bond donors (Lipinski definition) is 1. The van der Waals surface area contributed by atoms with Crippen molar-refractivity contribution in [3.8, 4) is 0 Å². The van der Waals surface area contributed by atoms with Gasteiger partial charge in [0.1, 0.15) is 6.04 Å². The quantitative estimate of drug-likeness (QED) is 0.641. The number of nitrogens with zero attached hydrogens (tertiary/aromatic N) is 1. The summed E-state index contributed by atoms with van der Waals surface area (Å²) in [5.74, 6) is 0.426. The van der Waals surface area contributed by atoms with Crippen molar-refractivity contribution in [3.63, 3.8) is 0 Å². The molecular formula is C14H30N2O2. The molecule has 0 aromatic heterocycles. The first-order valence-corrected chi connectivity index (χ1v) is 6.97. The van der Waals surface area contributed by atoms with E-state index in [1.165, 1.54) is 7.11 Å². The van der Waals surface area contributed by atoms with Crippen molar-refractivity contribution < 1.29 is 9.53 Å². The summed E-state index contributed by atoms with van der Waals surface area (Å²) in [6.07, 6.45) is 1.01. The lowest BCUT2D eigenvalue weighted by Gasteiger charge is -2.31. The highest BCUT2D eigenvalue weighted by molar-refractivity contribution is 5.75. The first-order chi connectivity index (χ1) is 8.42. The maximum Gasteiger partial charge on any atom is 0.324 e. The van der Waals surface area contributed by atoms with E-state index in [2.05, 4.69) is 44.8 Å². The third-order valence-electron chi connectivity index (χ3n) is 2.87. The van der Waals surface area contributed by atoms with Crippen molar-refractivity contribution in [3.05, 3.63) is 0 Å².